The number of nitrogens with one attached hydrogen (secondary N) is 1. The molecule has 0 saturated carbocycles. The average molecular weight is 352 g/mol. The van der Waals surface area contributed by atoms with Crippen molar-refractivity contribution in [1.82, 2.24) is 14.9 Å². The fourth-order valence-electron chi connectivity index (χ4n) is 2.94. The first-order chi connectivity index (χ1) is 12.5. The minimum absolute atomic E-state index is 0.280. The van der Waals surface area contributed by atoms with Gasteiger partial charge in [-0.1, -0.05) is 36.3 Å². The van der Waals surface area contributed by atoms with E-state index in [1.807, 2.05) is 30.7 Å². The maximum atomic E-state index is 12.5. The maximum Gasteiger partial charge on any atom is 0.277 e. The molecule has 0 saturated heterocycles. The maximum absolute atomic E-state index is 12.5. The van der Waals surface area contributed by atoms with E-state index in [4.69, 9.17) is 4.52 Å². The fourth-order valence-corrected chi connectivity index (χ4v) is 2.94. The summed E-state index contributed by atoms with van der Waals surface area (Å²) in [5.41, 5.74) is 5.13. The second-order valence-electron chi connectivity index (χ2n) is 6.51. The Balaban J connectivity index is 1.79. The SMILES string of the molecule is CCCc1cc(C(=O)Nc2c(C)nn(Cc3ccccc3C)c2C)no1. The molecule has 0 unspecified atom stereocenters. The average Bonchev–Trinajstić information content (AvgIpc) is 3.18. The number of hydrogen-bond donors (Lipinski definition) is 1. The molecule has 6 heteroatoms. The van der Waals surface area contributed by atoms with E-state index in [0.29, 0.717) is 12.2 Å². The van der Waals surface area contributed by atoms with E-state index in [-0.39, 0.29) is 5.91 Å². The zero-order chi connectivity index (χ0) is 18.7. The summed E-state index contributed by atoms with van der Waals surface area (Å²) >= 11 is 0. The van der Waals surface area contributed by atoms with Gasteiger partial charge in [-0.25, -0.2) is 0 Å². The fraction of sp³-hybridized carbons (Fsp3) is 0.350. The van der Waals surface area contributed by atoms with E-state index in [1.54, 1.807) is 6.07 Å². The minimum atomic E-state index is -0.280. The predicted octanol–water partition coefficient (Wildman–Crippen LogP) is 4.05. The second-order valence-corrected chi connectivity index (χ2v) is 6.51. The number of anilines is 1. The first-order valence-electron chi connectivity index (χ1n) is 8.85. The van der Waals surface area contributed by atoms with Gasteiger partial charge in [-0.3, -0.25) is 9.48 Å². The predicted molar refractivity (Wildman–Crippen MR) is 100 cm³/mol. The van der Waals surface area contributed by atoms with Crippen molar-refractivity contribution in [2.24, 2.45) is 0 Å². The lowest BCUT2D eigenvalue weighted by Crippen LogP contribution is -2.13. The van der Waals surface area contributed by atoms with Gasteiger partial charge in [-0.05, 0) is 38.3 Å². The van der Waals surface area contributed by atoms with Crippen LogP contribution in [0.5, 0.6) is 0 Å². The summed E-state index contributed by atoms with van der Waals surface area (Å²) in [5.74, 6) is 0.444. The van der Waals surface area contributed by atoms with Gasteiger partial charge >= 0.3 is 0 Å². The van der Waals surface area contributed by atoms with Gasteiger partial charge < -0.3 is 9.84 Å². The van der Waals surface area contributed by atoms with Gasteiger partial charge in [0.05, 0.1) is 23.6 Å². The molecule has 0 aliphatic rings. The molecule has 0 atom stereocenters. The molecular weight excluding hydrogens is 328 g/mol. The molecule has 0 fully saturated rings. The van der Waals surface area contributed by atoms with Crippen molar-refractivity contribution < 1.29 is 9.32 Å². The number of aromatic nitrogens is 3. The molecule has 0 spiro atoms. The van der Waals surface area contributed by atoms with Crippen LogP contribution in [0, 0.1) is 20.8 Å². The number of carbonyl (C=O) groups excluding carboxylic acids is 1. The van der Waals surface area contributed by atoms with E-state index in [9.17, 15) is 4.79 Å². The Morgan fingerprint density at radius 3 is 2.73 bits per heavy atom. The number of aryl methyl sites for hydroxylation is 3. The van der Waals surface area contributed by atoms with E-state index in [0.717, 1.165) is 35.7 Å². The number of amides is 1. The summed E-state index contributed by atoms with van der Waals surface area (Å²) in [6.45, 7) is 8.65. The van der Waals surface area contributed by atoms with Crippen LogP contribution < -0.4 is 5.32 Å². The van der Waals surface area contributed by atoms with Gasteiger partial charge in [0.15, 0.2) is 5.69 Å². The largest absolute Gasteiger partial charge is 0.361 e. The van der Waals surface area contributed by atoms with Gasteiger partial charge in [0.25, 0.3) is 5.91 Å². The van der Waals surface area contributed by atoms with Crippen molar-refractivity contribution in [2.75, 3.05) is 5.32 Å². The third-order valence-electron chi connectivity index (χ3n) is 4.49. The lowest BCUT2D eigenvalue weighted by molar-refractivity contribution is 0.101. The van der Waals surface area contributed by atoms with Crippen LogP contribution in [-0.2, 0) is 13.0 Å². The van der Waals surface area contributed by atoms with Crippen LogP contribution in [0.2, 0.25) is 0 Å². The van der Waals surface area contributed by atoms with Crippen molar-refractivity contribution in [3.63, 3.8) is 0 Å². The molecule has 0 bridgehead atoms. The van der Waals surface area contributed by atoms with Gasteiger partial charge in [-0.2, -0.15) is 5.10 Å². The number of hydrogen-bond acceptors (Lipinski definition) is 4. The summed E-state index contributed by atoms with van der Waals surface area (Å²) in [6, 6.07) is 9.92. The summed E-state index contributed by atoms with van der Waals surface area (Å²) in [4.78, 5) is 12.5. The van der Waals surface area contributed by atoms with Crippen LogP contribution in [0.25, 0.3) is 0 Å². The van der Waals surface area contributed by atoms with Crippen LogP contribution in [0.15, 0.2) is 34.9 Å². The number of benzene rings is 1. The summed E-state index contributed by atoms with van der Waals surface area (Å²) in [6.07, 6.45) is 1.72. The van der Waals surface area contributed by atoms with E-state index in [2.05, 4.69) is 41.6 Å². The Hall–Kier alpha value is -2.89. The molecule has 0 aliphatic heterocycles. The molecule has 26 heavy (non-hydrogen) atoms. The van der Waals surface area contributed by atoms with E-state index >= 15 is 0 Å². The van der Waals surface area contributed by atoms with Crippen molar-refractivity contribution >= 4 is 11.6 Å². The quantitative estimate of drug-likeness (QED) is 0.726. The molecule has 6 nitrogen and oxygen atoms in total. The lowest BCUT2D eigenvalue weighted by Gasteiger charge is -2.08. The molecular formula is C20H24N4O2. The summed E-state index contributed by atoms with van der Waals surface area (Å²) in [5, 5.41) is 11.4. The molecule has 1 aromatic carbocycles. The molecule has 136 valence electrons. The molecule has 3 aromatic rings. The lowest BCUT2D eigenvalue weighted by atomic mass is 10.1. The van der Waals surface area contributed by atoms with Crippen molar-refractivity contribution in [1.29, 1.82) is 0 Å². The van der Waals surface area contributed by atoms with Crippen molar-refractivity contribution in [2.45, 2.75) is 47.1 Å². The first kappa shape index (κ1) is 17.9. The summed E-state index contributed by atoms with van der Waals surface area (Å²) < 4.78 is 7.11. The molecule has 0 radical (unpaired) electrons. The standard InChI is InChI=1S/C20H24N4O2/c1-5-8-17-11-18(23-26-17)20(25)21-19-14(3)22-24(15(19)4)12-16-10-7-6-9-13(16)2/h6-7,9-11H,5,8,12H2,1-4H3,(H,21,25). The van der Waals surface area contributed by atoms with Crippen LogP contribution in [-0.4, -0.2) is 20.8 Å². The van der Waals surface area contributed by atoms with E-state index < -0.39 is 0 Å². The Kier molecular flexibility index (Phi) is 5.21. The third-order valence-corrected chi connectivity index (χ3v) is 4.49. The van der Waals surface area contributed by atoms with Gasteiger partial charge in [0.1, 0.15) is 5.76 Å². The molecule has 1 N–H and O–H groups in total. The zero-order valence-electron chi connectivity index (χ0n) is 15.7. The second kappa shape index (κ2) is 7.56. The zero-order valence-corrected chi connectivity index (χ0v) is 15.7. The number of nitrogens with zero attached hydrogens (tertiary/aromatic N) is 3. The van der Waals surface area contributed by atoms with E-state index in [1.165, 1.54) is 11.1 Å². The van der Waals surface area contributed by atoms with Crippen LogP contribution >= 0.6 is 0 Å². The Morgan fingerprint density at radius 1 is 1.23 bits per heavy atom. The first-order valence-corrected chi connectivity index (χ1v) is 8.85. The number of rotatable bonds is 6. The van der Waals surface area contributed by atoms with Crippen molar-refractivity contribution in [3.05, 3.63) is 64.3 Å². The summed E-state index contributed by atoms with van der Waals surface area (Å²) in [7, 11) is 0. The van der Waals surface area contributed by atoms with Crippen LogP contribution in [0.3, 0.4) is 0 Å². The van der Waals surface area contributed by atoms with Crippen LogP contribution in [0.1, 0.15) is 52.1 Å². The van der Waals surface area contributed by atoms with Gasteiger partial charge in [0.2, 0.25) is 0 Å². The highest BCUT2D eigenvalue weighted by Crippen LogP contribution is 2.22. The Bertz CT molecular complexity index is 924. The highest BCUT2D eigenvalue weighted by Gasteiger charge is 2.18. The van der Waals surface area contributed by atoms with Gasteiger partial charge in [-0.15, -0.1) is 0 Å². The molecule has 1 amide bonds. The number of carbonyl (C=O) groups is 1. The van der Waals surface area contributed by atoms with Crippen molar-refractivity contribution in [3.8, 4) is 0 Å². The van der Waals surface area contributed by atoms with Crippen LogP contribution in [0.4, 0.5) is 5.69 Å². The Morgan fingerprint density at radius 2 is 2.00 bits per heavy atom. The minimum Gasteiger partial charge on any atom is -0.361 e. The topological polar surface area (TPSA) is 73.0 Å². The molecule has 3 rings (SSSR count). The molecule has 0 aliphatic carbocycles. The molecule has 2 aromatic heterocycles. The third kappa shape index (κ3) is 3.69. The smallest absolute Gasteiger partial charge is 0.277 e. The Labute approximate surface area is 153 Å². The monoisotopic (exact) mass is 352 g/mol. The highest BCUT2D eigenvalue weighted by molar-refractivity contribution is 6.03. The highest BCUT2D eigenvalue weighted by atomic mass is 16.5. The molecule has 2 heterocycles. The van der Waals surface area contributed by atoms with Gasteiger partial charge in [0, 0.05) is 12.5 Å². The normalized spacial score (nSPS) is 10.9.